The lowest BCUT2D eigenvalue weighted by Gasteiger charge is -2.13. The molecule has 0 amide bonds. The molecular weight excluding hydrogens is 446 g/mol. The van der Waals surface area contributed by atoms with Crippen LogP contribution in [0.2, 0.25) is 10.0 Å². The molecule has 0 saturated carbocycles. The highest BCUT2D eigenvalue weighted by Gasteiger charge is 2.14. The van der Waals surface area contributed by atoms with Gasteiger partial charge in [-0.2, -0.15) is 0 Å². The van der Waals surface area contributed by atoms with E-state index in [1.54, 1.807) is 60.9 Å². The van der Waals surface area contributed by atoms with Gasteiger partial charge in [0, 0.05) is 40.8 Å². The summed E-state index contributed by atoms with van der Waals surface area (Å²) in [4.78, 5) is 9.43. The minimum absolute atomic E-state index is 0.413. The second-order valence-corrected chi connectivity index (χ2v) is 8.86. The third kappa shape index (κ3) is 7.71. The van der Waals surface area contributed by atoms with E-state index in [2.05, 4.69) is 14.8 Å². The summed E-state index contributed by atoms with van der Waals surface area (Å²) in [5.74, 6) is 0.431. The van der Waals surface area contributed by atoms with Crippen molar-refractivity contribution < 1.29 is 14.2 Å². The van der Waals surface area contributed by atoms with E-state index >= 15 is 0 Å². The van der Waals surface area contributed by atoms with Gasteiger partial charge < -0.3 is 9.63 Å². The Bertz CT molecular complexity index is 1050. The monoisotopic (exact) mass is 464 g/mol. The van der Waals surface area contributed by atoms with Crippen molar-refractivity contribution in [2.75, 3.05) is 6.66 Å². The quantitative estimate of drug-likeness (QED) is 0.186. The summed E-state index contributed by atoms with van der Waals surface area (Å²) in [6, 6.07) is 17.6. The van der Waals surface area contributed by atoms with Gasteiger partial charge in [0.25, 0.3) is 0 Å². The van der Waals surface area contributed by atoms with Crippen LogP contribution in [0.25, 0.3) is 10.4 Å². The van der Waals surface area contributed by atoms with Crippen LogP contribution >= 0.6 is 30.7 Å². The fraction of sp³-hybridized carbons (Fsp3) is 0.150. The van der Waals surface area contributed by atoms with Crippen molar-refractivity contribution in [2.45, 2.75) is 12.5 Å². The number of benzene rings is 2. The third-order valence-electron chi connectivity index (χ3n) is 3.74. The minimum Gasteiger partial charge on any atom is -0.439 e. The summed E-state index contributed by atoms with van der Waals surface area (Å²) in [7, 11) is -3.21. The first-order valence-electron chi connectivity index (χ1n) is 8.72. The van der Waals surface area contributed by atoms with Crippen LogP contribution in [0.3, 0.4) is 0 Å². The van der Waals surface area contributed by atoms with Crippen LogP contribution in [0.1, 0.15) is 17.2 Å². The van der Waals surface area contributed by atoms with Crippen LogP contribution < -0.4 is 4.52 Å². The number of hydrogen-bond acceptors (Lipinski definition) is 4. The molecule has 0 aliphatic heterocycles. The maximum atomic E-state index is 11.3. The van der Waals surface area contributed by atoms with E-state index in [1.807, 2.05) is 12.1 Å². The largest absolute Gasteiger partial charge is 0.439 e. The molecule has 0 aliphatic carbocycles. The van der Waals surface area contributed by atoms with Gasteiger partial charge in [-0.1, -0.05) is 53.5 Å². The van der Waals surface area contributed by atoms with Gasteiger partial charge in [0.15, 0.2) is 0 Å². The van der Waals surface area contributed by atoms with Crippen molar-refractivity contribution >= 4 is 30.7 Å². The molecule has 0 fully saturated rings. The normalized spacial score (nSPS) is 13.1. The summed E-state index contributed by atoms with van der Waals surface area (Å²) < 4.78 is 16.3. The van der Waals surface area contributed by atoms with Crippen LogP contribution in [-0.2, 0) is 11.0 Å². The number of para-hydroxylation sites is 1. The number of aliphatic hydroxyl groups is 1. The Morgan fingerprint density at radius 3 is 2.43 bits per heavy atom. The van der Waals surface area contributed by atoms with E-state index < -0.39 is 13.6 Å². The molecular formula is C20H19Cl2N4O3P. The van der Waals surface area contributed by atoms with Crippen molar-refractivity contribution in [2.24, 2.45) is 4.88 Å². The summed E-state index contributed by atoms with van der Waals surface area (Å²) >= 11 is 12.0. The predicted molar refractivity (Wildman–Crippen MR) is 119 cm³/mol. The molecule has 0 spiro atoms. The molecule has 3 aromatic rings. The van der Waals surface area contributed by atoms with Crippen molar-refractivity contribution in [3.63, 3.8) is 0 Å². The van der Waals surface area contributed by atoms with E-state index in [4.69, 9.17) is 33.3 Å². The van der Waals surface area contributed by atoms with Crippen molar-refractivity contribution in [1.29, 1.82) is 0 Å². The van der Waals surface area contributed by atoms with Crippen LogP contribution in [0.15, 0.2) is 77.9 Å². The van der Waals surface area contributed by atoms with Gasteiger partial charge in [0.05, 0.1) is 16.1 Å². The predicted octanol–water partition coefficient (Wildman–Crippen LogP) is 6.86. The Labute approximate surface area is 184 Å². The Hall–Kier alpha value is -2.53. The van der Waals surface area contributed by atoms with Gasteiger partial charge in [-0.15, -0.1) is 0 Å². The van der Waals surface area contributed by atoms with Crippen molar-refractivity contribution in [1.82, 2.24) is 4.98 Å². The number of nitrogens with zero attached hydrogens (tertiary/aromatic N) is 4. The molecule has 2 atom stereocenters. The summed E-state index contributed by atoms with van der Waals surface area (Å²) in [6.07, 6.45) is 3.22. The molecule has 7 nitrogen and oxygen atoms in total. The highest BCUT2D eigenvalue weighted by atomic mass is 35.5. The van der Waals surface area contributed by atoms with Gasteiger partial charge in [-0.05, 0) is 41.4 Å². The molecule has 0 bridgehead atoms. The van der Waals surface area contributed by atoms with Crippen molar-refractivity contribution in [3.8, 4) is 5.75 Å². The van der Waals surface area contributed by atoms with Gasteiger partial charge in [0.2, 0.25) is 0 Å². The zero-order chi connectivity index (χ0) is 22.0. The third-order valence-corrected chi connectivity index (χ3v) is 5.53. The number of aliphatic hydroxyl groups excluding tert-OH is 1. The lowest BCUT2D eigenvalue weighted by Crippen LogP contribution is -2.02. The molecule has 1 heterocycles. The van der Waals surface area contributed by atoms with Gasteiger partial charge in [0.1, 0.15) is 5.75 Å². The number of halogens is 2. The zero-order valence-corrected chi connectivity index (χ0v) is 18.4. The van der Waals surface area contributed by atoms with Crippen LogP contribution in [-0.4, -0.2) is 16.8 Å². The Balaban J connectivity index is 0.000000222. The molecule has 0 aliphatic rings. The highest BCUT2D eigenvalue weighted by Crippen LogP contribution is 2.44. The number of azide groups is 1. The molecule has 1 aromatic heterocycles. The molecule has 30 heavy (non-hydrogen) atoms. The number of pyridine rings is 1. The molecule has 1 N–H and O–H groups in total. The van der Waals surface area contributed by atoms with Gasteiger partial charge in [-0.3, -0.25) is 9.55 Å². The first kappa shape index (κ1) is 23.7. The standard InChI is InChI=1S/C13H11Cl2NO.C7H8N3O2P/c14-11-3-1-2-10(13(11)15)12(17)8-9-4-6-16-7-5-9;1-13(11,10-9-8)12-7-5-3-2-4-6-7/h1-7,12,17H,8H2;2-6H,1H3. The first-order valence-corrected chi connectivity index (χ1v) is 11.5. The molecule has 156 valence electrons. The van der Waals surface area contributed by atoms with Gasteiger partial charge >= 0.3 is 7.52 Å². The smallest absolute Gasteiger partial charge is 0.332 e. The second kappa shape index (κ2) is 11.6. The number of rotatable bonds is 6. The first-order chi connectivity index (χ1) is 14.3. The lowest BCUT2D eigenvalue weighted by molar-refractivity contribution is 0.178. The van der Waals surface area contributed by atoms with Gasteiger partial charge in [-0.25, -0.2) is 0 Å². The number of hydrogen-bond donors (Lipinski definition) is 1. The summed E-state index contributed by atoms with van der Waals surface area (Å²) in [5.41, 5.74) is 9.74. The molecule has 0 saturated heterocycles. The minimum atomic E-state index is -3.21. The fourth-order valence-electron chi connectivity index (χ4n) is 2.40. The zero-order valence-electron chi connectivity index (χ0n) is 16.0. The highest BCUT2D eigenvalue weighted by molar-refractivity contribution is 7.56. The molecule has 0 radical (unpaired) electrons. The van der Waals surface area contributed by atoms with Crippen molar-refractivity contribution in [3.05, 3.63) is 105 Å². The SMILES string of the molecule is CP(=O)(N=[N+]=[N-])Oc1ccccc1.OC(Cc1ccncc1)c1cccc(Cl)c1Cl. The lowest BCUT2D eigenvalue weighted by atomic mass is 10.0. The topological polar surface area (TPSA) is 108 Å². The van der Waals surface area contributed by atoms with E-state index in [9.17, 15) is 9.67 Å². The van der Waals surface area contributed by atoms with E-state index in [1.165, 1.54) is 6.66 Å². The Kier molecular flexibility index (Phi) is 9.18. The number of aromatic nitrogens is 1. The average molecular weight is 465 g/mol. The van der Waals surface area contributed by atoms with Crippen LogP contribution in [0.4, 0.5) is 0 Å². The fourth-order valence-corrected chi connectivity index (χ4v) is 3.53. The van der Waals surface area contributed by atoms with Crippen LogP contribution in [0.5, 0.6) is 5.75 Å². The Morgan fingerprint density at radius 2 is 1.80 bits per heavy atom. The molecule has 2 aromatic carbocycles. The average Bonchev–Trinajstić information content (AvgIpc) is 2.71. The summed E-state index contributed by atoms with van der Waals surface area (Å²) in [6.45, 7) is 1.26. The molecule has 2 unspecified atom stereocenters. The van der Waals surface area contributed by atoms with E-state index in [0.29, 0.717) is 27.8 Å². The van der Waals surface area contributed by atoms with E-state index in [0.717, 1.165) is 5.56 Å². The summed E-state index contributed by atoms with van der Waals surface area (Å²) in [5, 5.41) is 11.0. The maximum absolute atomic E-state index is 11.3. The van der Waals surface area contributed by atoms with E-state index in [-0.39, 0.29) is 0 Å². The molecule has 3 rings (SSSR count). The maximum Gasteiger partial charge on any atom is 0.332 e. The molecule has 10 heteroatoms. The van der Waals surface area contributed by atoms with Crippen LogP contribution in [0, 0.1) is 0 Å². The second-order valence-electron chi connectivity index (χ2n) is 6.10. The Morgan fingerprint density at radius 1 is 1.13 bits per heavy atom.